The van der Waals surface area contributed by atoms with Gasteiger partial charge in [0.25, 0.3) is 0 Å². The van der Waals surface area contributed by atoms with Crippen molar-refractivity contribution in [2.45, 2.75) is 13.5 Å². The fourth-order valence-electron chi connectivity index (χ4n) is 1.71. The van der Waals surface area contributed by atoms with E-state index in [2.05, 4.69) is 16.4 Å². The van der Waals surface area contributed by atoms with Gasteiger partial charge in [-0.1, -0.05) is 12.1 Å². The number of aryl methyl sites for hydroxylation is 1. The van der Waals surface area contributed by atoms with Gasteiger partial charge in [-0.05, 0) is 36.2 Å². The zero-order valence-corrected chi connectivity index (χ0v) is 11.0. The lowest BCUT2D eigenvalue weighted by Crippen LogP contribution is -2.02. The van der Waals surface area contributed by atoms with E-state index in [-0.39, 0.29) is 0 Å². The molecule has 2 aromatic rings. The summed E-state index contributed by atoms with van der Waals surface area (Å²) in [7, 11) is 1.65. The van der Waals surface area contributed by atoms with Gasteiger partial charge in [0.05, 0.1) is 12.7 Å². The van der Waals surface area contributed by atoms with Crippen LogP contribution in [-0.2, 0) is 6.54 Å². The first-order chi connectivity index (χ1) is 9.22. The average Bonchev–Trinajstić information content (AvgIpc) is 2.46. The van der Waals surface area contributed by atoms with Gasteiger partial charge in [-0.3, -0.25) is 0 Å². The number of benzene rings is 1. The third-order valence-corrected chi connectivity index (χ3v) is 2.86. The summed E-state index contributed by atoms with van der Waals surface area (Å²) >= 11 is 0. The van der Waals surface area contributed by atoms with Gasteiger partial charge in [0, 0.05) is 12.7 Å². The third-order valence-electron chi connectivity index (χ3n) is 2.86. The molecule has 19 heavy (non-hydrogen) atoms. The SMILES string of the molecule is COc1ccc(CNc2cc(C)c(C#N)cn2)cc1. The summed E-state index contributed by atoms with van der Waals surface area (Å²) in [6, 6.07) is 11.8. The second kappa shape index (κ2) is 5.87. The molecule has 0 aliphatic heterocycles. The van der Waals surface area contributed by atoms with Gasteiger partial charge in [-0.2, -0.15) is 5.26 Å². The van der Waals surface area contributed by atoms with Crippen molar-refractivity contribution in [2.24, 2.45) is 0 Å². The van der Waals surface area contributed by atoms with Crippen LogP contribution < -0.4 is 10.1 Å². The topological polar surface area (TPSA) is 57.9 Å². The van der Waals surface area contributed by atoms with Gasteiger partial charge < -0.3 is 10.1 Å². The van der Waals surface area contributed by atoms with Crippen LogP contribution in [0.4, 0.5) is 5.82 Å². The second-order valence-corrected chi connectivity index (χ2v) is 4.20. The largest absolute Gasteiger partial charge is 0.497 e. The van der Waals surface area contributed by atoms with Crippen LogP contribution in [0.3, 0.4) is 0 Å². The summed E-state index contributed by atoms with van der Waals surface area (Å²) in [6.45, 7) is 2.58. The zero-order valence-electron chi connectivity index (χ0n) is 11.0. The van der Waals surface area contributed by atoms with E-state index in [1.54, 1.807) is 13.3 Å². The monoisotopic (exact) mass is 253 g/mol. The lowest BCUT2D eigenvalue weighted by molar-refractivity contribution is 0.414. The standard InChI is InChI=1S/C15H15N3O/c1-11-7-15(18-10-13(11)8-16)17-9-12-3-5-14(19-2)6-4-12/h3-7,10H,9H2,1-2H3,(H,17,18). The van der Waals surface area contributed by atoms with Crippen molar-refractivity contribution in [1.29, 1.82) is 5.26 Å². The van der Waals surface area contributed by atoms with E-state index >= 15 is 0 Å². The number of aromatic nitrogens is 1. The molecule has 0 atom stereocenters. The minimum atomic E-state index is 0.606. The molecule has 0 saturated carbocycles. The molecule has 1 N–H and O–H groups in total. The summed E-state index contributed by atoms with van der Waals surface area (Å²) < 4.78 is 5.11. The Morgan fingerprint density at radius 3 is 2.63 bits per heavy atom. The fourth-order valence-corrected chi connectivity index (χ4v) is 1.71. The predicted octanol–water partition coefficient (Wildman–Crippen LogP) is 2.88. The van der Waals surface area contributed by atoms with E-state index < -0.39 is 0 Å². The van der Waals surface area contributed by atoms with Crippen molar-refractivity contribution >= 4 is 5.82 Å². The van der Waals surface area contributed by atoms with Crippen molar-refractivity contribution in [3.8, 4) is 11.8 Å². The zero-order chi connectivity index (χ0) is 13.7. The van der Waals surface area contributed by atoms with Crippen molar-refractivity contribution < 1.29 is 4.74 Å². The molecule has 0 fully saturated rings. The number of methoxy groups -OCH3 is 1. The quantitative estimate of drug-likeness (QED) is 0.910. The van der Waals surface area contributed by atoms with Crippen molar-refractivity contribution in [1.82, 2.24) is 4.98 Å². The molecule has 96 valence electrons. The Kier molecular flexibility index (Phi) is 3.99. The number of nitriles is 1. The summed E-state index contributed by atoms with van der Waals surface area (Å²) in [4.78, 5) is 4.20. The Balaban J connectivity index is 2.02. The van der Waals surface area contributed by atoms with Gasteiger partial charge in [0.2, 0.25) is 0 Å². The van der Waals surface area contributed by atoms with Crippen LogP contribution in [0.1, 0.15) is 16.7 Å². The van der Waals surface area contributed by atoms with Gasteiger partial charge in [0.1, 0.15) is 17.6 Å². The Labute approximate surface area is 112 Å². The summed E-state index contributed by atoms with van der Waals surface area (Å²) in [6.07, 6.45) is 1.59. The molecule has 0 aliphatic rings. The van der Waals surface area contributed by atoms with E-state index in [0.717, 1.165) is 22.7 Å². The highest BCUT2D eigenvalue weighted by Crippen LogP contribution is 2.14. The molecule has 0 saturated heterocycles. The minimum absolute atomic E-state index is 0.606. The van der Waals surface area contributed by atoms with Gasteiger partial charge >= 0.3 is 0 Å². The van der Waals surface area contributed by atoms with Crippen LogP contribution in [0.5, 0.6) is 5.75 Å². The molecular formula is C15H15N3O. The van der Waals surface area contributed by atoms with Crippen LogP contribution in [0.15, 0.2) is 36.5 Å². The predicted molar refractivity (Wildman–Crippen MR) is 74.0 cm³/mol. The maximum absolute atomic E-state index is 8.84. The number of nitrogens with one attached hydrogen (secondary N) is 1. The molecule has 0 bridgehead atoms. The Bertz CT molecular complexity index is 600. The number of hydrogen-bond donors (Lipinski definition) is 1. The Morgan fingerprint density at radius 1 is 1.32 bits per heavy atom. The van der Waals surface area contributed by atoms with E-state index in [0.29, 0.717) is 12.1 Å². The molecule has 4 heteroatoms. The summed E-state index contributed by atoms with van der Waals surface area (Å²) in [5.41, 5.74) is 2.68. The number of hydrogen-bond acceptors (Lipinski definition) is 4. The number of rotatable bonds is 4. The maximum Gasteiger partial charge on any atom is 0.126 e. The maximum atomic E-state index is 8.84. The van der Waals surface area contributed by atoms with Crippen LogP contribution in [-0.4, -0.2) is 12.1 Å². The normalized spacial score (nSPS) is 9.74. The third kappa shape index (κ3) is 3.23. The van der Waals surface area contributed by atoms with Crippen LogP contribution in [0, 0.1) is 18.3 Å². The average molecular weight is 253 g/mol. The van der Waals surface area contributed by atoms with Crippen molar-refractivity contribution in [3.05, 3.63) is 53.2 Å². The number of anilines is 1. The first-order valence-corrected chi connectivity index (χ1v) is 5.96. The molecule has 1 aromatic carbocycles. The van der Waals surface area contributed by atoms with Crippen LogP contribution in [0.2, 0.25) is 0 Å². The van der Waals surface area contributed by atoms with Gasteiger partial charge in [-0.15, -0.1) is 0 Å². The Morgan fingerprint density at radius 2 is 2.05 bits per heavy atom. The minimum Gasteiger partial charge on any atom is -0.497 e. The van der Waals surface area contributed by atoms with E-state index in [9.17, 15) is 0 Å². The van der Waals surface area contributed by atoms with Crippen LogP contribution >= 0.6 is 0 Å². The number of nitrogens with zero attached hydrogens (tertiary/aromatic N) is 2. The number of ether oxygens (including phenoxy) is 1. The molecule has 0 spiro atoms. The molecule has 0 radical (unpaired) electrons. The molecule has 0 aliphatic carbocycles. The first kappa shape index (κ1) is 12.9. The fraction of sp³-hybridized carbons (Fsp3) is 0.200. The Hall–Kier alpha value is -2.54. The lowest BCUT2D eigenvalue weighted by atomic mass is 10.2. The van der Waals surface area contributed by atoms with Gasteiger partial charge in [-0.25, -0.2) is 4.98 Å². The molecule has 4 nitrogen and oxygen atoms in total. The summed E-state index contributed by atoms with van der Waals surface area (Å²) in [5, 5.41) is 12.1. The smallest absolute Gasteiger partial charge is 0.126 e. The van der Waals surface area contributed by atoms with Crippen molar-refractivity contribution in [3.63, 3.8) is 0 Å². The van der Waals surface area contributed by atoms with E-state index in [1.165, 1.54) is 0 Å². The number of pyridine rings is 1. The molecular weight excluding hydrogens is 238 g/mol. The highest BCUT2D eigenvalue weighted by molar-refractivity contribution is 5.45. The lowest BCUT2D eigenvalue weighted by Gasteiger charge is -2.07. The molecule has 1 heterocycles. The molecule has 0 unspecified atom stereocenters. The highest BCUT2D eigenvalue weighted by Gasteiger charge is 2.01. The molecule has 0 amide bonds. The van der Waals surface area contributed by atoms with Gasteiger partial charge in [0.15, 0.2) is 0 Å². The van der Waals surface area contributed by atoms with E-state index in [1.807, 2.05) is 37.3 Å². The second-order valence-electron chi connectivity index (χ2n) is 4.20. The highest BCUT2D eigenvalue weighted by atomic mass is 16.5. The van der Waals surface area contributed by atoms with Crippen LogP contribution in [0.25, 0.3) is 0 Å². The first-order valence-electron chi connectivity index (χ1n) is 5.96. The van der Waals surface area contributed by atoms with Crippen molar-refractivity contribution in [2.75, 3.05) is 12.4 Å². The summed E-state index contributed by atoms with van der Waals surface area (Å²) in [5.74, 6) is 1.61. The molecule has 1 aromatic heterocycles. The van der Waals surface area contributed by atoms with E-state index in [4.69, 9.17) is 10.00 Å². The molecule has 2 rings (SSSR count).